The van der Waals surface area contributed by atoms with Gasteiger partial charge >= 0.3 is 5.97 Å². The van der Waals surface area contributed by atoms with Crippen LogP contribution in [0.3, 0.4) is 0 Å². The molecule has 0 bridgehead atoms. The van der Waals surface area contributed by atoms with Crippen LogP contribution in [0.5, 0.6) is 0 Å². The van der Waals surface area contributed by atoms with Gasteiger partial charge in [0, 0.05) is 11.8 Å². The van der Waals surface area contributed by atoms with Gasteiger partial charge in [-0.2, -0.15) is 0 Å². The molecule has 2 N–H and O–H groups in total. The van der Waals surface area contributed by atoms with Gasteiger partial charge in [0.05, 0.1) is 5.57 Å². The third kappa shape index (κ3) is 5.91. The second-order valence-corrected chi connectivity index (χ2v) is 4.42. The molecular formula is C17H19NO3. The largest absolute Gasteiger partial charge is 0.478 e. The van der Waals surface area contributed by atoms with Crippen molar-refractivity contribution in [3.05, 3.63) is 65.4 Å². The quantitative estimate of drug-likeness (QED) is 0.623. The summed E-state index contributed by atoms with van der Waals surface area (Å²) >= 11 is 0. The first-order chi connectivity index (χ1) is 10.0. The van der Waals surface area contributed by atoms with Crippen LogP contribution in [0.1, 0.15) is 25.8 Å². The highest BCUT2D eigenvalue weighted by molar-refractivity contribution is 5.95. The highest BCUT2D eigenvalue weighted by Crippen LogP contribution is 2.03. The number of hydrogen-bond donors (Lipinski definition) is 2. The first-order valence-electron chi connectivity index (χ1n) is 6.67. The first-order valence-corrected chi connectivity index (χ1v) is 6.67. The van der Waals surface area contributed by atoms with Gasteiger partial charge in [-0.25, -0.2) is 4.79 Å². The Morgan fingerprint density at radius 3 is 2.48 bits per heavy atom. The van der Waals surface area contributed by atoms with Crippen LogP contribution in [0.4, 0.5) is 0 Å². The number of allylic oxidation sites excluding steroid dienone is 2. The lowest BCUT2D eigenvalue weighted by Crippen LogP contribution is -2.19. The lowest BCUT2D eigenvalue weighted by Gasteiger charge is -2.01. The van der Waals surface area contributed by atoms with E-state index in [0.29, 0.717) is 12.0 Å². The van der Waals surface area contributed by atoms with E-state index in [-0.39, 0.29) is 11.5 Å². The summed E-state index contributed by atoms with van der Waals surface area (Å²) in [7, 11) is 0. The minimum atomic E-state index is -1.02. The monoisotopic (exact) mass is 285 g/mol. The second kappa shape index (κ2) is 8.53. The zero-order chi connectivity index (χ0) is 15.7. The number of carbonyl (C=O) groups is 2. The number of carboxylic acids is 1. The normalized spacial score (nSPS) is 12.5. The maximum atomic E-state index is 11.8. The van der Waals surface area contributed by atoms with E-state index in [1.54, 1.807) is 26.0 Å². The molecule has 1 aromatic rings. The Bertz CT molecular complexity index is 583. The Morgan fingerprint density at radius 2 is 1.90 bits per heavy atom. The Morgan fingerprint density at radius 1 is 1.24 bits per heavy atom. The maximum absolute atomic E-state index is 11.8. The Labute approximate surface area is 124 Å². The van der Waals surface area contributed by atoms with Crippen LogP contribution in [0, 0.1) is 0 Å². The molecular weight excluding hydrogens is 266 g/mol. The van der Waals surface area contributed by atoms with Gasteiger partial charge in [0.1, 0.15) is 0 Å². The maximum Gasteiger partial charge on any atom is 0.333 e. The van der Waals surface area contributed by atoms with Crippen LogP contribution in [0.2, 0.25) is 0 Å². The lowest BCUT2D eigenvalue weighted by atomic mass is 10.2. The van der Waals surface area contributed by atoms with E-state index < -0.39 is 5.97 Å². The summed E-state index contributed by atoms with van der Waals surface area (Å²) in [5.74, 6) is -1.34. The van der Waals surface area contributed by atoms with Crippen LogP contribution in [0.25, 0.3) is 6.08 Å². The average Bonchev–Trinajstić information content (AvgIpc) is 2.48. The number of carboxylic acid groups (broad SMARTS) is 1. The van der Waals surface area contributed by atoms with Crippen LogP contribution in [-0.2, 0) is 9.59 Å². The van der Waals surface area contributed by atoms with Gasteiger partial charge in [-0.15, -0.1) is 0 Å². The van der Waals surface area contributed by atoms with E-state index in [1.165, 1.54) is 6.20 Å². The molecule has 0 saturated carbocycles. The van der Waals surface area contributed by atoms with Gasteiger partial charge in [0.15, 0.2) is 0 Å². The molecule has 1 aromatic carbocycles. The molecule has 110 valence electrons. The standard InChI is InChI=1S/C17H19NO3/c1-3-15(17(20)21)12-18-16(19)13(2)8-7-11-14-9-5-4-6-10-14/h4-12H,3H2,1-2H3,(H,18,19)(H,20,21). The predicted octanol–water partition coefficient (Wildman–Crippen LogP) is 3.14. The molecule has 0 atom stereocenters. The molecule has 0 radical (unpaired) electrons. The molecule has 1 amide bonds. The Kier molecular flexibility index (Phi) is 6.68. The van der Waals surface area contributed by atoms with Gasteiger partial charge in [-0.05, 0) is 18.9 Å². The molecule has 0 aromatic heterocycles. The predicted molar refractivity (Wildman–Crippen MR) is 83.4 cm³/mol. The number of amides is 1. The van der Waals surface area contributed by atoms with E-state index in [0.717, 1.165) is 5.56 Å². The number of benzene rings is 1. The third-order valence-electron chi connectivity index (χ3n) is 2.83. The molecule has 0 aliphatic rings. The van der Waals surface area contributed by atoms with E-state index in [4.69, 9.17) is 5.11 Å². The topological polar surface area (TPSA) is 66.4 Å². The van der Waals surface area contributed by atoms with Crippen LogP contribution >= 0.6 is 0 Å². The van der Waals surface area contributed by atoms with Gasteiger partial charge in [0.25, 0.3) is 5.91 Å². The number of rotatable bonds is 6. The molecule has 0 saturated heterocycles. The molecule has 4 nitrogen and oxygen atoms in total. The molecule has 0 unspecified atom stereocenters. The summed E-state index contributed by atoms with van der Waals surface area (Å²) in [6.45, 7) is 3.39. The Balaban J connectivity index is 2.64. The minimum absolute atomic E-state index is 0.163. The highest BCUT2D eigenvalue weighted by Gasteiger charge is 2.06. The molecule has 0 aliphatic heterocycles. The van der Waals surface area contributed by atoms with Crippen molar-refractivity contribution in [2.45, 2.75) is 20.3 Å². The average molecular weight is 285 g/mol. The number of nitrogens with one attached hydrogen (secondary N) is 1. The number of carbonyl (C=O) groups excluding carboxylic acids is 1. The van der Waals surface area contributed by atoms with Crippen molar-refractivity contribution in [3.63, 3.8) is 0 Å². The van der Waals surface area contributed by atoms with Gasteiger partial charge in [0.2, 0.25) is 0 Å². The zero-order valence-corrected chi connectivity index (χ0v) is 12.2. The molecule has 0 spiro atoms. The van der Waals surface area contributed by atoms with Gasteiger partial charge < -0.3 is 10.4 Å². The zero-order valence-electron chi connectivity index (χ0n) is 12.2. The van der Waals surface area contributed by atoms with E-state index in [2.05, 4.69) is 5.32 Å². The Hall–Kier alpha value is -2.62. The fourth-order valence-corrected chi connectivity index (χ4v) is 1.52. The molecule has 0 heterocycles. The summed E-state index contributed by atoms with van der Waals surface area (Å²) in [4.78, 5) is 22.6. The van der Waals surface area contributed by atoms with E-state index >= 15 is 0 Å². The summed E-state index contributed by atoms with van der Waals surface area (Å²) in [5, 5.41) is 11.3. The van der Waals surface area contributed by atoms with E-state index in [9.17, 15) is 9.59 Å². The first kappa shape index (κ1) is 16.4. The second-order valence-electron chi connectivity index (χ2n) is 4.42. The van der Waals surface area contributed by atoms with Crippen molar-refractivity contribution in [1.82, 2.24) is 5.32 Å². The van der Waals surface area contributed by atoms with Crippen LogP contribution in [0.15, 0.2) is 59.8 Å². The van der Waals surface area contributed by atoms with Crippen molar-refractivity contribution < 1.29 is 14.7 Å². The fraction of sp³-hybridized carbons (Fsp3) is 0.176. The molecule has 0 aliphatic carbocycles. The van der Waals surface area contributed by atoms with Crippen molar-refractivity contribution in [1.29, 1.82) is 0 Å². The molecule has 0 fully saturated rings. The lowest BCUT2D eigenvalue weighted by molar-refractivity contribution is -0.132. The van der Waals surface area contributed by atoms with Gasteiger partial charge in [-0.1, -0.05) is 55.5 Å². The highest BCUT2D eigenvalue weighted by atomic mass is 16.4. The van der Waals surface area contributed by atoms with Crippen LogP contribution < -0.4 is 5.32 Å². The van der Waals surface area contributed by atoms with Gasteiger partial charge in [-0.3, -0.25) is 4.79 Å². The summed E-state index contributed by atoms with van der Waals surface area (Å²) in [6, 6.07) is 9.73. The van der Waals surface area contributed by atoms with E-state index in [1.807, 2.05) is 36.4 Å². The summed E-state index contributed by atoms with van der Waals surface area (Å²) < 4.78 is 0. The number of aliphatic carboxylic acids is 1. The third-order valence-corrected chi connectivity index (χ3v) is 2.83. The smallest absolute Gasteiger partial charge is 0.333 e. The van der Waals surface area contributed by atoms with Crippen molar-refractivity contribution >= 4 is 18.0 Å². The summed E-state index contributed by atoms with van der Waals surface area (Å²) in [6.07, 6.45) is 6.95. The van der Waals surface area contributed by atoms with Crippen LogP contribution in [-0.4, -0.2) is 17.0 Å². The molecule has 21 heavy (non-hydrogen) atoms. The van der Waals surface area contributed by atoms with Crippen molar-refractivity contribution in [2.24, 2.45) is 0 Å². The molecule has 4 heteroatoms. The van der Waals surface area contributed by atoms with Crippen molar-refractivity contribution in [2.75, 3.05) is 0 Å². The SMILES string of the molecule is CCC(=CNC(=O)C(C)=CC=Cc1ccccc1)C(=O)O. The molecule has 1 rings (SSSR count). The summed E-state index contributed by atoms with van der Waals surface area (Å²) in [5.41, 5.74) is 1.70. The minimum Gasteiger partial charge on any atom is -0.478 e. The number of hydrogen-bond acceptors (Lipinski definition) is 2. The fourth-order valence-electron chi connectivity index (χ4n) is 1.52. The van der Waals surface area contributed by atoms with Crippen molar-refractivity contribution in [3.8, 4) is 0 Å².